The maximum absolute atomic E-state index is 6.31. The maximum Gasteiger partial charge on any atom is 0.0161 e. The largest absolute Gasteiger partial charge is 0.325 e. The minimum absolute atomic E-state index is 0.123. The molecule has 1 rings (SSSR count). The summed E-state index contributed by atoms with van der Waals surface area (Å²) in [4.78, 5) is 2.56. The van der Waals surface area contributed by atoms with E-state index in [2.05, 4.69) is 46.6 Å². The molecule has 1 aliphatic carbocycles. The van der Waals surface area contributed by atoms with Crippen LogP contribution in [-0.2, 0) is 0 Å². The van der Waals surface area contributed by atoms with E-state index in [1.54, 1.807) is 0 Å². The number of hydrogen-bond donors (Lipinski definition) is 1. The van der Waals surface area contributed by atoms with Gasteiger partial charge < -0.3 is 10.6 Å². The van der Waals surface area contributed by atoms with E-state index < -0.39 is 0 Å². The lowest BCUT2D eigenvalue weighted by Crippen LogP contribution is -2.54. The van der Waals surface area contributed by atoms with Crippen LogP contribution in [0.25, 0.3) is 0 Å². The Morgan fingerprint density at radius 2 is 1.56 bits per heavy atom. The van der Waals surface area contributed by atoms with Crippen molar-refractivity contribution in [1.29, 1.82) is 0 Å². The Morgan fingerprint density at radius 1 is 1.06 bits per heavy atom. The molecule has 0 spiro atoms. The molecule has 2 N–H and O–H groups in total. The highest BCUT2D eigenvalue weighted by atomic mass is 15.1. The van der Waals surface area contributed by atoms with Gasteiger partial charge in [0, 0.05) is 18.1 Å². The van der Waals surface area contributed by atoms with Crippen LogP contribution < -0.4 is 5.73 Å². The van der Waals surface area contributed by atoms with Gasteiger partial charge in [0.05, 0.1) is 0 Å². The molecule has 1 saturated carbocycles. The van der Waals surface area contributed by atoms with Crippen LogP contribution in [0.15, 0.2) is 0 Å². The predicted octanol–water partition coefficient (Wildman–Crippen LogP) is 3.65. The molecule has 0 amide bonds. The molecule has 2 nitrogen and oxygen atoms in total. The molecule has 0 saturated heterocycles. The fraction of sp³-hybridized carbons (Fsp3) is 1.00. The Hall–Kier alpha value is -0.0800. The van der Waals surface area contributed by atoms with Crippen molar-refractivity contribution in [1.82, 2.24) is 4.90 Å². The van der Waals surface area contributed by atoms with Crippen LogP contribution in [0, 0.1) is 11.3 Å². The van der Waals surface area contributed by atoms with Crippen molar-refractivity contribution in [2.75, 3.05) is 13.6 Å². The van der Waals surface area contributed by atoms with Gasteiger partial charge in [0.2, 0.25) is 0 Å². The molecule has 0 unspecified atom stereocenters. The number of hydrogen-bond acceptors (Lipinski definition) is 2. The van der Waals surface area contributed by atoms with Crippen molar-refractivity contribution in [3.05, 3.63) is 0 Å². The van der Waals surface area contributed by atoms with E-state index in [-0.39, 0.29) is 11.0 Å². The van der Waals surface area contributed by atoms with Crippen molar-refractivity contribution in [2.45, 2.75) is 78.3 Å². The zero-order valence-electron chi connectivity index (χ0n) is 13.4. The molecular formula is C16H34N2. The van der Waals surface area contributed by atoms with Crippen LogP contribution in [0.4, 0.5) is 0 Å². The lowest BCUT2D eigenvalue weighted by molar-refractivity contribution is 0.0801. The van der Waals surface area contributed by atoms with Crippen LogP contribution in [0.5, 0.6) is 0 Å². The maximum atomic E-state index is 6.31. The van der Waals surface area contributed by atoms with E-state index in [1.807, 2.05) is 0 Å². The highest BCUT2D eigenvalue weighted by molar-refractivity contribution is 4.93. The molecule has 0 aromatic heterocycles. The Kier molecular flexibility index (Phi) is 5.25. The first kappa shape index (κ1) is 16.0. The van der Waals surface area contributed by atoms with E-state index in [0.29, 0.717) is 0 Å². The summed E-state index contributed by atoms with van der Waals surface area (Å²) in [5.74, 6) is 0.980. The molecule has 18 heavy (non-hydrogen) atoms. The van der Waals surface area contributed by atoms with Crippen molar-refractivity contribution in [3.8, 4) is 0 Å². The molecular weight excluding hydrogens is 220 g/mol. The summed E-state index contributed by atoms with van der Waals surface area (Å²) in [7, 11) is 2.28. The van der Waals surface area contributed by atoms with E-state index >= 15 is 0 Å². The van der Waals surface area contributed by atoms with Crippen LogP contribution in [0.3, 0.4) is 0 Å². The van der Waals surface area contributed by atoms with Gasteiger partial charge in [0.1, 0.15) is 0 Å². The smallest absolute Gasteiger partial charge is 0.0161 e. The third-order valence-electron chi connectivity index (χ3n) is 5.41. The lowest BCUT2D eigenvalue weighted by atomic mass is 9.74. The molecule has 2 heteroatoms. The van der Waals surface area contributed by atoms with Gasteiger partial charge in [-0.15, -0.1) is 0 Å². The van der Waals surface area contributed by atoms with Gasteiger partial charge in [0.25, 0.3) is 0 Å². The lowest BCUT2D eigenvalue weighted by Gasteiger charge is -2.44. The highest BCUT2D eigenvalue weighted by Gasteiger charge is 2.36. The number of nitrogens with two attached hydrogens (primary N) is 1. The summed E-state index contributed by atoms with van der Waals surface area (Å²) in [5, 5.41) is 0. The molecule has 0 atom stereocenters. The van der Waals surface area contributed by atoms with Crippen LogP contribution in [-0.4, -0.2) is 30.1 Å². The summed E-state index contributed by atoms with van der Waals surface area (Å²) >= 11 is 0. The van der Waals surface area contributed by atoms with Crippen molar-refractivity contribution >= 4 is 0 Å². The summed E-state index contributed by atoms with van der Waals surface area (Å²) < 4.78 is 0. The first-order chi connectivity index (χ1) is 8.17. The first-order valence-electron chi connectivity index (χ1n) is 7.66. The zero-order valence-corrected chi connectivity index (χ0v) is 13.4. The van der Waals surface area contributed by atoms with E-state index in [1.165, 1.54) is 32.1 Å². The van der Waals surface area contributed by atoms with Gasteiger partial charge in [-0.25, -0.2) is 0 Å². The predicted molar refractivity (Wildman–Crippen MR) is 80.7 cm³/mol. The summed E-state index contributed by atoms with van der Waals surface area (Å²) in [5.41, 5.74) is 6.34. The number of nitrogens with zero attached hydrogens (tertiary/aromatic N) is 1. The summed E-state index contributed by atoms with van der Waals surface area (Å²) in [6, 6.07) is 0.773. The normalized spacial score (nSPS) is 26.7. The minimum Gasteiger partial charge on any atom is -0.325 e. The van der Waals surface area contributed by atoms with Gasteiger partial charge in [0.15, 0.2) is 0 Å². The SMILES string of the molecule is CCC1CCC(N(C)CC(C)(C)C(C)(C)N)CC1. The van der Waals surface area contributed by atoms with Gasteiger partial charge >= 0.3 is 0 Å². The second-order valence-corrected chi connectivity index (χ2v) is 7.60. The average molecular weight is 254 g/mol. The van der Waals surface area contributed by atoms with E-state index in [0.717, 1.165) is 18.5 Å². The van der Waals surface area contributed by atoms with Crippen molar-refractivity contribution in [2.24, 2.45) is 17.1 Å². The van der Waals surface area contributed by atoms with Crippen molar-refractivity contribution < 1.29 is 0 Å². The second-order valence-electron chi connectivity index (χ2n) is 7.60. The average Bonchev–Trinajstić information content (AvgIpc) is 2.27. The summed E-state index contributed by atoms with van der Waals surface area (Å²) in [6.45, 7) is 12.3. The van der Waals surface area contributed by atoms with Gasteiger partial charge in [-0.05, 0) is 57.9 Å². The molecule has 108 valence electrons. The van der Waals surface area contributed by atoms with Crippen LogP contribution >= 0.6 is 0 Å². The van der Waals surface area contributed by atoms with Crippen LogP contribution in [0.1, 0.15) is 66.7 Å². The number of rotatable bonds is 5. The first-order valence-corrected chi connectivity index (χ1v) is 7.66. The van der Waals surface area contributed by atoms with Crippen molar-refractivity contribution in [3.63, 3.8) is 0 Å². The quantitative estimate of drug-likeness (QED) is 0.811. The molecule has 0 aromatic carbocycles. The Labute approximate surface area is 114 Å². The molecule has 0 heterocycles. The topological polar surface area (TPSA) is 29.3 Å². The molecule has 0 aromatic rings. The van der Waals surface area contributed by atoms with Gasteiger partial charge in [-0.2, -0.15) is 0 Å². The third kappa shape index (κ3) is 3.96. The third-order valence-corrected chi connectivity index (χ3v) is 5.41. The highest BCUT2D eigenvalue weighted by Crippen LogP contribution is 2.33. The Balaban J connectivity index is 2.49. The molecule has 0 radical (unpaired) electrons. The van der Waals surface area contributed by atoms with E-state index in [9.17, 15) is 0 Å². The zero-order chi connectivity index (χ0) is 14.0. The van der Waals surface area contributed by atoms with Crippen LogP contribution in [0.2, 0.25) is 0 Å². The fourth-order valence-electron chi connectivity index (χ4n) is 2.95. The Morgan fingerprint density at radius 3 is 1.94 bits per heavy atom. The summed E-state index contributed by atoms with van der Waals surface area (Å²) in [6.07, 6.45) is 6.93. The minimum atomic E-state index is -0.123. The monoisotopic (exact) mass is 254 g/mol. The second kappa shape index (κ2) is 5.92. The fourth-order valence-corrected chi connectivity index (χ4v) is 2.95. The Bertz CT molecular complexity index is 244. The molecule has 0 bridgehead atoms. The van der Waals surface area contributed by atoms with E-state index in [4.69, 9.17) is 5.73 Å². The standard InChI is InChI=1S/C16H34N2/c1-7-13-8-10-14(11-9-13)18(6)12-15(2,3)16(4,5)17/h13-14H,7-12,17H2,1-6H3. The molecule has 1 fully saturated rings. The molecule has 1 aliphatic rings. The molecule has 0 aliphatic heterocycles. The van der Waals surface area contributed by atoms with Gasteiger partial charge in [-0.1, -0.05) is 27.2 Å². The van der Waals surface area contributed by atoms with Gasteiger partial charge in [-0.3, -0.25) is 0 Å².